The van der Waals surface area contributed by atoms with Gasteiger partial charge in [-0.3, -0.25) is 4.98 Å². The first-order valence-electron chi connectivity index (χ1n) is 7.12. The summed E-state index contributed by atoms with van der Waals surface area (Å²) >= 11 is 0. The molecular formula is C19H17NSi. The third-order valence-corrected chi connectivity index (χ3v) is 5.12. The van der Waals surface area contributed by atoms with E-state index in [-0.39, 0.29) is 9.52 Å². The Morgan fingerprint density at radius 3 is 2.10 bits per heavy atom. The van der Waals surface area contributed by atoms with Gasteiger partial charge >= 0.3 is 0 Å². The Labute approximate surface area is 127 Å². The fourth-order valence-electron chi connectivity index (χ4n) is 2.23. The standard InChI is InChI=1S/C19H17NSi/c1-2-7-18(8-3-1)21-19-13-10-16(11-14-19)9-12-17-6-4-5-15-20-17/h1-15H,21H2. The Morgan fingerprint density at radius 1 is 0.667 bits per heavy atom. The first-order valence-corrected chi connectivity index (χ1v) is 8.53. The van der Waals surface area contributed by atoms with Crippen LogP contribution in [0, 0.1) is 0 Å². The highest BCUT2D eigenvalue weighted by molar-refractivity contribution is 6.67. The molecule has 0 amide bonds. The van der Waals surface area contributed by atoms with Crippen LogP contribution in [0.5, 0.6) is 0 Å². The van der Waals surface area contributed by atoms with E-state index in [1.165, 1.54) is 15.9 Å². The third-order valence-electron chi connectivity index (χ3n) is 3.37. The monoisotopic (exact) mass is 287 g/mol. The van der Waals surface area contributed by atoms with Crippen molar-refractivity contribution in [1.29, 1.82) is 0 Å². The van der Waals surface area contributed by atoms with Gasteiger partial charge in [0, 0.05) is 6.20 Å². The molecule has 3 rings (SSSR count). The molecule has 3 aromatic rings. The lowest BCUT2D eigenvalue weighted by molar-refractivity contribution is 1.30. The maximum atomic E-state index is 4.29. The lowest BCUT2D eigenvalue weighted by Crippen LogP contribution is -2.26. The van der Waals surface area contributed by atoms with Gasteiger partial charge in [0.1, 0.15) is 0 Å². The fraction of sp³-hybridized carbons (Fsp3) is 0. The van der Waals surface area contributed by atoms with Crippen LogP contribution >= 0.6 is 0 Å². The maximum Gasteiger partial charge on any atom is 0.0875 e. The van der Waals surface area contributed by atoms with Gasteiger partial charge in [0.15, 0.2) is 0 Å². The molecule has 1 nitrogen and oxygen atoms in total. The quantitative estimate of drug-likeness (QED) is 0.671. The number of hydrogen-bond donors (Lipinski definition) is 0. The Balaban J connectivity index is 1.68. The zero-order valence-electron chi connectivity index (χ0n) is 11.8. The third kappa shape index (κ3) is 4.00. The summed E-state index contributed by atoms with van der Waals surface area (Å²) in [5.41, 5.74) is 2.20. The SMILES string of the molecule is C(=Cc1ccccn1)c1ccc([SiH2]c2ccccc2)cc1. The number of nitrogens with zero attached hydrogens (tertiary/aromatic N) is 1. The average molecular weight is 287 g/mol. The maximum absolute atomic E-state index is 4.29. The molecule has 1 aromatic heterocycles. The Morgan fingerprint density at radius 2 is 1.38 bits per heavy atom. The minimum Gasteiger partial charge on any atom is -0.257 e. The van der Waals surface area contributed by atoms with Crippen LogP contribution in [-0.4, -0.2) is 14.5 Å². The number of benzene rings is 2. The smallest absolute Gasteiger partial charge is 0.0875 e. The molecule has 0 unspecified atom stereocenters. The van der Waals surface area contributed by atoms with E-state index in [4.69, 9.17) is 0 Å². The van der Waals surface area contributed by atoms with Crippen LogP contribution in [0.25, 0.3) is 12.2 Å². The van der Waals surface area contributed by atoms with Crippen molar-refractivity contribution in [3.63, 3.8) is 0 Å². The van der Waals surface area contributed by atoms with E-state index in [9.17, 15) is 0 Å². The highest BCUT2D eigenvalue weighted by atomic mass is 28.2. The van der Waals surface area contributed by atoms with Crippen LogP contribution < -0.4 is 10.4 Å². The van der Waals surface area contributed by atoms with Crippen molar-refractivity contribution in [2.24, 2.45) is 0 Å². The predicted molar refractivity (Wildman–Crippen MR) is 93.9 cm³/mol. The largest absolute Gasteiger partial charge is 0.257 e. The zero-order chi connectivity index (χ0) is 14.3. The van der Waals surface area contributed by atoms with Gasteiger partial charge in [-0.15, -0.1) is 0 Å². The van der Waals surface area contributed by atoms with Crippen LogP contribution in [0.1, 0.15) is 11.3 Å². The molecule has 0 spiro atoms. The second-order valence-corrected chi connectivity index (χ2v) is 6.98. The molecule has 2 aromatic carbocycles. The second kappa shape index (κ2) is 6.82. The number of hydrogen-bond acceptors (Lipinski definition) is 1. The van der Waals surface area contributed by atoms with E-state index in [1.54, 1.807) is 0 Å². The van der Waals surface area contributed by atoms with Crippen LogP contribution in [0.4, 0.5) is 0 Å². The van der Waals surface area contributed by atoms with Crippen molar-refractivity contribution in [3.05, 3.63) is 90.3 Å². The Hall–Kier alpha value is -2.45. The highest BCUT2D eigenvalue weighted by Crippen LogP contribution is 2.04. The molecule has 0 radical (unpaired) electrons. The minimum absolute atomic E-state index is 0.351. The number of pyridine rings is 1. The summed E-state index contributed by atoms with van der Waals surface area (Å²) in [4.78, 5) is 4.29. The van der Waals surface area contributed by atoms with Crippen LogP contribution in [0.3, 0.4) is 0 Å². The first-order chi connectivity index (χ1) is 10.4. The van der Waals surface area contributed by atoms with E-state index >= 15 is 0 Å². The number of rotatable bonds is 4. The molecule has 21 heavy (non-hydrogen) atoms. The van der Waals surface area contributed by atoms with Crippen LogP contribution in [0.2, 0.25) is 0 Å². The summed E-state index contributed by atoms with van der Waals surface area (Å²) in [6.45, 7) is 0. The Bertz CT molecular complexity index is 704. The van der Waals surface area contributed by atoms with Crippen molar-refractivity contribution in [2.75, 3.05) is 0 Å². The van der Waals surface area contributed by atoms with Gasteiger partial charge in [0.05, 0.1) is 15.2 Å². The van der Waals surface area contributed by atoms with Crippen molar-refractivity contribution < 1.29 is 0 Å². The Kier molecular flexibility index (Phi) is 4.39. The van der Waals surface area contributed by atoms with E-state index in [0.29, 0.717) is 0 Å². The topological polar surface area (TPSA) is 12.9 Å². The van der Waals surface area contributed by atoms with Crippen LogP contribution in [-0.2, 0) is 0 Å². The molecule has 0 aliphatic carbocycles. The predicted octanol–water partition coefficient (Wildman–Crippen LogP) is 2.37. The molecule has 1 heterocycles. The molecule has 0 N–H and O–H groups in total. The van der Waals surface area contributed by atoms with Gasteiger partial charge in [0.25, 0.3) is 0 Å². The summed E-state index contributed by atoms with van der Waals surface area (Å²) in [5, 5.41) is 2.95. The lowest BCUT2D eigenvalue weighted by Gasteiger charge is -2.01. The molecule has 0 atom stereocenters. The molecule has 0 saturated heterocycles. The fourth-order valence-corrected chi connectivity index (χ4v) is 3.69. The summed E-state index contributed by atoms with van der Waals surface area (Å²) in [5.74, 6) is 0. The first kappa shape index (κ1) is 13.5. The molecule has 0 bridgehead atoms. The van der Waals surface area contributed by atoms with E-state index in [2.05, 4.69) is 65.7 Å². The van der Waals surface area contributed by atoms with Gasteiger partial charge in [-0.1, -0.05) is 77.1 Å². The van der Waals surface area contributed by atoms with E-state index < -0.39 is 0 Å². The van der Waals surface area contributed by atoms with Gasteiger partial charge in [0.2, 0.25) is 0 Å². The summed E-state index contributed by atoms with van der Waals surface area (Å²) in [7, 11) is -0.351. The van der Waals surface area contributed by atoms with Crippen molar-refractivity contribution in [1.82, 2.24) is 4.98 Å². The molecular weight excluding hydrogens is 270 g/mol. The zero-order valence-corrected chi connectivity index (χ0v) is 13.2. The van der Waals surface area contributed by atoms with Gasteiger partial charge in [-0.25, -0.2) is 0 Å². The molecule has 102 valence electrons. The second-order valence-electron chi connectivity index (χ2n) is 4.99. The highest BCUT2D eigenvalue weighted by Gasteiger charge is 1.96. The summed E-state index contributed by atoms with van der Waals surface area (Å²) in [6.07, 6.45) is 5.97. The van der Waals surface area contributed by atoms with Gasteiger partial charge < -0.3 is 0 Å². The molecule has 0 saturated carbocycles. The van der Waals surface area contributed by atoms with E-state index in [0.717, 1.165) is 5.69 Å². The van der Waals surface area contributed by atoms with Crippen molar-refractivity contribution >= 4 is 32.0 Å². The molecule has 0 aliphatic rings. The molecule has 0 fully saturated rings. The van der Waals surface area contributed by atoms with Gasteiger partial charge in [-0.2, -0.15) is 0 Å². The summed E-state index contributed by atoms with van der Waals surface area (Å²) < 4.78 is 0. The molecule has 2 heteroatoms. The average Bonchev–Trinajstić information content (AvgIpc) is 2.56. The van der Waals surface area contributed by atoms with Crippen molar-refractivity contribution in [2.45, 2.75) is 0 Å². The summed E-state index contributed by atoms with van der Waals surface area (Å²) in [6, 6.07) is 25.6. The number of aromatic nitrogens is 1. The normalized spacial score (nSPS) is 11.4. The molecule has 0 aliphatic heterocycles. The lowest BCUT2D eigenvalue weighted by atomic mass is 10.2. The van der Waals surface area contributed by atoms with Crippen molar-refractivity contribution in [3.8, 4) is 0 Å². The van der Waals surface area contributed by atoms with Gasteiger partial charge in [-0.05, 0) is 23.8 Å². The van der Waals surface area contributed by atoms with E-state index in [1.807, 2.05) is 30.5 Å². The van der Waals surface area contributed by atoms with Crippen LogP contribution in [0.15, 0.2) is 79.0 Å². The minimum atomic E-state index is -0.351.